The van der Waals surface area contributed by atoms with Crippen molar-refractivity contribution in [1.29, 1.82) is 0 Å². The standard InChI is InChI=1S/C13H15ClN6O2S/c1-2-7-15-12(22)16-11(21)8-23-13-17-18-19-20(13)10-5-3-9(14)4-6-10/h3-6H,2,7-8H2,1H3,(H2,15,16,21,22). The number of halogens is 1. The fourth-order valence-electron chi connectivity index (χ4n) is 1.59. The van der Waals surface area contributed by atoms with Crippen molar-refractivity contribution in [2.45, 2.75) is 18.5 Å². The van der Waals surface area contributed by atoms with E-state index in [4.69, 9.17) is 11.6 Å². The van der Waals surface area contributed by atoms with Crippen LogP contribution in [0.1, 0.15) is 13.3 Å². The molecule has 2 rings (SSSR count). The summed E-state index contributed by atoms with van der Waals surface area (Å²) in [7, 11) is 0. The van der Waals surface area contributed by atoms with E-state index in [0.717, 1.165) is 23.9 Å². The van der Waals surface area contributed by atoms with E-state index < -0.39 is 11.9 Å². The molecule has 1 heterocycles. The molecule has 0 spiro atoms. The van der Waals surface area contributed by atoms with Crippen LogP contribution in [-0.2, 0) is 4.79 Å². The number of benzene rings is 1. The van der Waals surface area contributed by atoms with Crippen molar-refractivity contribution in [3.05, 3.63) is 29.3 Å². The number of imide groups is 1. The van der Waals surface area contributed by atoms with Crippen molar-refractivity contribution in [3.63, 3.8) is 0 Å². The zero-order valence-corrected chi connectivity index (χ0v) is 13.9. The smallest absolute Gasteiger partial charge is 0.321 e. The number of nitrogens with zero attached hydrogens (tertiary/aromatic N) is 4. The minimum Gasteiger partial charge on any atom is -0.338 e. The van der Waals surface area contributed by atoms with Gasteiger partial charge in [-0.2, -0.15) is 4.68 Å². The molecule has 0 atom stereocenters. The van der Waals surface area contributed by atoms with Crippen LogP contribution in [0, 0.1) is 0 Å². The maximum atomic E-state index is 11.7. The summed E-state index contributed by atoms with van der Waals surface area (Å²) in [6.07, 6.45) is 0.798. The minimum atomic E-state index is -0.505. The van der Waals surface area contributed by atoms with Gasteiger partial charge < -0.3 is 5.32 Å². The Bertz CT molecular complexity index is 675. The van der Waals surface area contributed by atoms with Crippen molar-refractivity contribution >= 4 is 35.3 Å². The fourth-order valence-corrected chi connectivity index (χ4v) is 2.41. The molecule has 23 heavy (non-hydrogen) atoms. The summed E-state index contributed by atoms with van der Waals surface area (Å²) in [4.78, 5) is 23.1. The lowest BCUT2D eigenvalue weighted by Gasteiger charge is -2.06. The van der Waals surface area contributed by atoms with E-state index >= 15 is 0 Å². The van der Waals surface area contributed by atoms with Crippen LogP contribution in [0.15, 0.2) is 29.4 Å². The lowest BCUT2D eigenvalue weighted by atomic mass is 10.3. The Morgan fingerprint density at radius 1 is 1.30 bits per heavy atom. The molecule has 3 amide bonds. The van der Waals surface area contributed by atoms with Crippen LogP contribution in [0.3, 0.4) is 0 Å². The third-order valence-electron chi connectivity index (χ3n) is 2.63. The van der Waals surface area contributed by atoms with Crippen LogP contribution < -0.4 is 10.6 Å². The molecular formula is C13H15ClN6O2S. The Morgan fingerprint density at radius 2 is 2.04 bits per heavy atom. The normalized spacial score (nSPS) is 10.3. The van der Waals surface area contributed by atoms with Gasteiger partial charge in [-0.15, -0.1) is 5.10 Å². The highest BCUT2D eigenvalue weighted by Crippen LogP contribution is 2.19. The van der Waals surface area contributed by atoms with E-state index in [0.29, 0.717) is 16.7 Å². The Labute approximate surface area is 142 Å². The number of carbonyl (C=O) groups excluding carboxylic acids is 2. The Kier molecular flexibility index (Phi) is 6.36. The van der Waals surface area contributed by atoms with Gasteiger partial charge in [-0.05, 0) is 41.1 Å². The highest BCUT2D eigenvalue weighted by atomic mass is 35.5. The van der Waals surface area contributed by atoms with Crippen LogP contribution in [0.2, 0.25) is 5.02 Å². The Balaban J connectivity index is 1.92. The summed E-state index contributed by atoms with van der Waals surface area (Å²) >= 11 is 6.97. The zero-order chi connectivity index (χ0) is 16.7. The minimum absolute atomic E-state index is 0.0213. The first-order chi connectivity index (χ1) is 11.1. The number of tetrazole rings is 1. The number of urea groups is 1. The Morgan fingerprint density at radius 3 is 2.74 bits per heavy atom. The molecular weight excluding hydrogens is 340 g/mol. The summed E-state index contributed by atoms with van der Waals surface area (Å²) in [5.74, 6) is -0.401. The molecule has 0 saturated carbocycles. The zero-order valence-electron chi connectivity index (χ0n) is 12.3. The number of rotatable bonds is 6. The van der Waals surface area contributed by atoms with Crippen LogP contribution >= 0.6 is 23.4 Å². The highest BCUT2D eigenvalue weighted by molar-refractivity contribution is 7.99. The SMILES string of the molecule is CCCNC(=O)NC(=O)CSc1nnnn1-c1ccc(Cl)cc1. The van der Waals surface area contributed by atoms with Gasteiger partial charge in [0.05, 0.1) is 11.4 Å². The predicted molar refractivity (Wildman–Crippen MR) is 86.7 cm³/mol. The molecule has 0 aliphatic rings. The van der Waals surface area contributed by atoms with E-state index in [1.54, 1.807) is 24.3 Å². The summed E-state index contributed by atoms with van der Waals surface area (Å²) in [6.45, 7) is 2.44. The maximum Gasteiger partial charge on any atom is 0.321 e. The van der Waals surface area contributed by atoms with Gasteiger partial charge in [0.2, 0.25) is 11.1 Å². The maximum absolute atomic E-state index is 11.7. The molecule has 0 unspecified atom stereocenters. The van der Waals surface area contributed by atoms with Gasteiger partial charge in [-0.3, -0.25) is 10.1 Å². The van der Waals surface area contributed by atoms with Gasteiger partial charge in [0.1, 0.15) is 0 Å². The summed E-state index contributed by atoms with van der Waals surface area (Å²) in [5.41, 5.74) is 0.725. The van der Waals surface area contributed by atoms with Crippen molar-refractivity contribution in [3.8, 4) is 5.69 Å². The van der Waals surface area contributed by atoms with Crippen LogP contribution in [0.4, 0.5) is 4.79 Å². The average molecular weight is 355 g/mol. The molecule has 0 aliphatic carbocycles. The number of nitrogens with one attached hydrogen (secondary N) is 2. The third-order valence-corrected chi connectivity index (χ3v) is 3.80. The molecule has 2 N–H and O–H groups in total. The van der Waals surface area contributed by atoms with Crippen LogP contribution in [0.25, 0.3) is 5.69 Å². The summed E-state index contributed by atoms with van der Waals surface area (Å²) in [6, 6.07) is 6.46. The van der Waals surface area contributed by atoms with E-state index in [9.17, 15) is 9.59 Å². The van der Waals surface area contributed by atoms with Gasteiger partial charge in [-0.1, -0.05) is 30.3 Å². The number of carbonyl (C=O) groups is 2. The second kappa shape index (κ2) is 8.49. The van der Waals surface area contributed by atoms with E-state index in [-0.39, 0.29) is 5.75 Å². The lowest BCUT2D eigenvalue weighted by Crippen LogP contribution is -2.40. The third kappa shape index (κ3) is 5.22. The van der Waals surface area contributed by atoms with Crippen molar-refractivity contribution < 1.29 is 9.59 Å². The van der Waals surface area contributed by atoms with E-state index in [2.05, 4.69) is 26.2 Å². The molecule has 0 bridgehead atoms. The monoisotopic (exact) mass is 354 g/mol. The van der Waals surface area contributed by atoms with Gasteiger partial charge in [-0.25, -0.2) is 4.79 Å². The van der Waals surface area contributed by atoms with Gasteiger partial charge in [0.15, 0.2) is 0 Å². The molecule has 0 radical (unpaired) electrons. The second-order valence-corrected chi connectivity index (χ2v) is 5.82. The number of hydrogen-bond donors (Lipinski definition) is 2. The van der Waals surface area contributed by atoms with E-state index in [1.807, 2.05) is 6.92 Å². The quantitative estimate of drug-likeness (QED) is 0.765. The fraction of sp³-hybridized carbons (Fsp3) is 0.308. The molecule has 0 saturated heterocycles. The number of amides is 3. The second-order valence-electron chi connectivity index (χ2n) is 4.44. The first-order valence-corrected chi connectivity index (χ1v) is 8.21. The molecule has 1 aromatic carbocycles. The molecule has 8 nitrogen and oxygen atoms in total. The Hall–Kier alpha value is -2.13. The largest absolute Gasteiger partial charge is 0.338 e. The molecule has 122 valence electrons. The average Bonchev–Trinajstić information content (AvgIpc) is 3.00. The molecule has 1 aromatic heterocycles. The molecule has 2 aromatic rings. The van der Waals surface area contributed by atoms with Gasteiger partial charge >= 0.3 is 6.03 Å². The summed E-state index contributed by atoms with van der Waals surface area (Å²) in [5, 5.41) is 17.2. The molecule has 0 aliphatic heterocycles. The number of hydrogen-bond acceptors (Lipinski definition) is 6. The lowest BCUT2D eigenvalue weighted by molar-refractivity contribution is -0.117. The first kappa shape index (κ1) is 17.2. The van der Waals surface area contributed by atoms with Crippen LogP contribution in [-0.4, -0.2) is 44.4 Å². The number of aromatic nitrogens is 4. The van der Waals surface area contributed by atoms with Crippen molar-refractivity contribution in [2.24, 2.45) is 0 Å². The highest BCUT2D eigenvalue weighted by Gasteiger charge is 2.13. The molecule has 0 fully saturated rings. The summed E-state index contributed by atoms with van der Waals surface area (Å²) < 4.78 is 1.49. The van der Waals surface area contributed by atoms with Crippen LogP contribution in [0.5, 0.6) is 0 Å². The predicted octanol–water partition coefficient (Wildman–Crippen LogP) is 1.64. The molecule has 10 heteroatoms. The van der Waals surface area contributed by atoms with Crippen molar-refractivity contribution in [2.75, 3.05) is 12.3 Å². The van der Waals surface area contributed by atoms with Gasteiger partial charge in [0.25, 0.3) is 0 Å². The van der Waals surface area contributed by atoms with Gasteiger partial charge in [0, 0.05) is 11.6 Å². The van der Waals surface area contributed by atoms with E-state index in [1.165, 1.54) is 4.68 Å². The number of thioether (sulfide) groups is 1. The topological polar surface area (TPSA) is 102 Å². The first-order valence-electron chi connectivity index (χ1n) is 6.85. The van der Waals surface area contributed by atoms with Crippen molar-refractivity contribution in [1.82, 2.24) is 30.8 Å².